The molecule has 2 aromatic heterocycles. The first-order valence-corrected chi connectivity index (χ1v) is 10.8. The third-order valence-electron chi connectivity index (χ3n) is 4.61. The second kappa shape index (κ2) is 10.5. The number of nitrogens with zero attached hydrogens (tertiary/aromatic N) is 2. The molecule has 1 N–H and O–H groups in total. The van der Waals surface area contributed by atoms with Crippen molar-refractivity contribution in [2.75, 3.05) is 6.61 Å². The molecule has 3 aromatic rings. The molecule has 156 valence electrons. The summed E-state index contributed by atoms with van der Waals surface area (Å²) in [4.78, 5) is 25.0. The van der Waals surface area contributed by atoms with E-state index < -0.39 is 5.97 Å². The minimum atomic E-state index is -0.570. The first kappa shape index (κ1) is 21.5. The Labute approximate surface area is 180 Å². The summed E-state index contributed by atoms with van der Waals surface area (Å²) in [5, 5.41) is 9.51. The molecule has 0 aliphatic heterocycles. The number of hydrogen-bond acceptors (Lipinski definition) is 5. The predicted molar refractivity (Wildman–Crippen MR) is 119 cm³/mol. The van der Waals surface area contributed by atoms with Crippen LogP contribution in [0.15, 0.2) is 60.1 Å². The summed E-state index contributed by atoms with van der Waals surface area (Å²) in [5.74, 6) is -0.860. The number of rotatable bonds is 9. The van der Waals surface area contributed by atoms with Crippen LogP contribution in [0.2, 0.25) is 0 Å². The molecule has 2 heterocycles. The number of aromatic nitrogens is 2. The smallest absolute Gasteiger partial charge is 0.331 e. The van der Waals surface area contributed by atoms with Gasteiger partial charge in [0, 0.05) is 23.9 Å². The van der Waals surface area contributed by atoms with Crippen molar-refractivity contribution in [3.63, 3.8) is 0 Å². The summed E-state index contributed by atoms with van der Waals surface area (Å²) in [6, 6.07) is 13.8. The fraction of sp³-hybridized carbons (Fsp3) is 0.261. The lowest BCUT2D eigenvalue weighted by molar-refractivity contribution is -0.144. The van der Waals surface area contributed by atoms with Gasteiger partial charge < -0.3 is 10.1 Å². The maximum absolute atomic E-state index is 12.1. The maximum atomic E-state index is 12.1. The van der Waals surface area contributed by atoms with Crippen molar-refractivity contribution in [2.24, 2.45) is 0 Å². The van der Waals surface area contributed by atoms with Crippen molar-refractivity contribution < 1.29 is 14.3 Å². The summed E-state index contributed by atoms with van der Waals surface area (Å²) in [5.41, 5.74) is 2.50. The van der Waals surface area contributed by atoms with Crippen LogP contribution in [0.4, 0.5) is 0 Å². The van der Waals surface area contributed by atoms with Crippen LogP contribution in [0, 0.1) is 0 Å². The fourth-order valence-electron chi connectivity index (χ4n) is 2.93. The van der Waals surface area contributed by atoms with Crippen LogP contribution in [0.3, 0.4) is 0 Å². The number of amides is 1. The second-order valence-corrected chi connectivity index (χ2v) is 7.66. The standard InChI is InChI=1S/C23H25N3O3S/c1-3-18(4-2)24-21(27)16-29-22(28)13-12-17-15-26(19-9-6-5-7-10-19)25-23(17)20-11-8-14-30-20/h5-15,18H,3-4,16H2,1-2H3,(H,24,27). The molecular formula is C23H25N3O3S. The molecule has 7 heteroatoms. The number of ether oxygens (including phenoxy) is 1. The Kier molecular flexibility index (Phi) is 7.57. The number of benzene rings is 1. The van der Waals surface area contributed by atoms with Gasteiger partial charge in [0.2, 0.25) is 0 Å². The average molecular weight is 424 g/mol. The topological polar surface area (TPSA) is 73.2 Å². The number of nitrogens with one attached hydrogen (secondary N) is 1. The van der Waals surface area contributed by atoms with Gasteiger partial charge in [-0.2, -0.15) is 5.10 Å². The van der Waals surface area contributed by atoms with Crippen molar-refractivity contribution in [1.29, 1.82) is 0 Å². The first-order valence-electron chi connectivity index (χ1n) is 9.93. The Balaban J connectivity index is 1.70. The normalized spacial score (nSPS) is 11.2. The van der Waals surface area contributed by atoms with E-state index in [1.165, 1.54) is 6.08 Å². The van der Waals surface area contributed by atoms with E-state index in [1.54, 1.807) is 22.1 Å². The second-order valence-electron chi connectivity index (χ2n) is 6.71. The molecule has 6 nitrogen and oxygen atoms in total. The van der Waals surface area contributed by atoms with Crippen molar-refractivity contribution in [3.05, 3.63) is 65.7 Å². The summed E-state index contributed by atoms with van der Waals surface area (Å²) < 4.78 is 6.86. The Bertz CT molecular complexity index is 990. The monoisotopic (exact) mass is 423 g/mol. The molecule has 0 unspecified atom stereocenters. The molecule has 0 saturated heterocycles. The van der Waals surface area contributed by atoms with E-state index in [1.807, 2.05) is 67.9 Å². The predicted octanol–water partition coefficient (Wildman–Crippen LogP) is 4.46. The van der Waals surface area contributed by atoms with Crippen LogP contribution in [-0.2, 0) is 14.3 Å². The molecule has 0 saturated carbocycles. The van der Waals surface area contributed by atoms with Crippen molar-refractivity contribution in [3.8, 4) is 16.3 Å². The summed E-state index contributed by atoms with van der Waals surface area (Å²) in [6.07, 6.45) is 6.55. The maximum Gasteiger partial charge on any atom is 0.331 e. The number of thiophene rings is 1. The van der Waals surface area contributed by atoms with Gasteiger partial charge >= 0.3 is 5.97 Å². The first-order chi connectivity index (χ1) is 14.6. The SMILES string of the molecule is CCC(CC)NC(=O)COC(=O)C=Cc1cn(-c2ccccc2)nc1-c1cccs1. The summed E-state index contributed by atoms with van der Waals surface area (Å²) in [7, 11) is 0. The van der Waals surface area contributed by atoms with Crippen LogP contribution in [-0.4, -0.2) is 34.3 Å². The van der Waals surface area contributed by atoms with E-state index in [-0.39, 0.29) is 18.6 Å². The molecule has 0 radical (unpaired) electrons. The van der Waals surface area contributed by atoms with E-state index in [4.69, 9.17) is 4.74 Å². The molecule has 1 amide bonds. The van der Waals surface area contributed by atoms with E-state index >= 15 is 0 Å². The van der Waals surface area contributed by atoms with Crippen LogP contribution in [0.25, 0.3) is 22.3 Å². The van der Waals surface area contributed by atoms with Gasteiger partial charge in [0.1, 0.15) is 5.69 Å². The van der Waals surface area contributed by atoms with Crippen molar-refractivity contribution in [1.82, 2.24) is 15.1 Å². The van der Waals surface area contributed by atoms with Gasteiger partial charge in [0.25, 0.3) is 5.91 Å². The minimum Gasteiger partial charge on any atom is -0.452 e. The Morgan fingerprint density at radius 2 is 1.93 bits per heavy atom. The molecular weight excluding hydrogens is 398 g/mol. The average Bonchev–Trinajstić information content (AvgIpc) is 3.45. The Hall–Kier alpha value is -3.19. The third kappa shape index (κ3) is 5.67. The molecule has 1 aromatic carbocycles. The van der Waals surface area contributed by atoms with Gasteiger partial charge in [0.05, 0.1) is 10.6 Å². The van der Waals surface area contributed by atoms with Crippen LogP contribution in [0.1, 0.15) is 32.3 Å². The van der Waals surface area contributed by atoms with E-state index in [2.05, 4.69) is 10.4 Å². The highest BCUT2D eigenvalue weighted by Gasteiger charge is 2.13. The Morgan fingerprint density at radius 1 is 1.17 bits per heavy atom. The zero-order valence-electron chi connectivity index (χ0n) is 17.1. The van der Waals surface area contributed by atoms with Crippen LogP contribution < -0.4 is 5.32 Å². The quantitative estimate of drug-likeness (QED) is 0.407. The molecule has 3 rings (SSSR count). The lowest BCUT2D eigenvalue weighted by atomic mass is 10.2. The number of para-hydroxylation sites is 1. The minimum absolute atomic E-state index is 0.101. The van der Waals surface area contributed by atoms with Crippen molar-refractivity contribution >= 4 is 29.3 Å². The van der Waals surface area contributed by atoms with Crippen molar-refractivity contribution in [2.45, 2.75) is 32.7 Å². The Morgan fingerprint density at radius 3 is 2.60 bits per heavy atom. The molecule has 0 atom stereocenters. The molecule has 30 heavy (non-hydrogen) atoms. The highest BCUT2D eigenvalue weighted by Crippen LogP contribution is 2.28. The number of carbonyl (C=O) groups excluding carboxylic acids is 2. The molecule has 0 spiro atoms. The zero-order chi connectivity index (χ0) is 21.3. The lowest BCUT2D eigenvalue weighted by Gasteiger charge is -2.14. The molecule has 0 fully saturated rings. The highest BCUT2D eigenvalue weighted by atomic mass is 32.1. The molecule has 0 aliphatic rings. The van der Waals surface area contributed by atoms with E-state index in [0.717, 1.165) is 34.7 Å². The van der Waals surface area contributed by atoms with Gasteiger partial charge in [0.15, 0.2) is 6.61 Å². The van der Waals surface area contributed by atoms with E-state index in [9.17, 15) is 9.59 Å². The molecule has 0 bridgehead atoms. The summed E-state index contributed by atoms with van der Waals surface area (Å²) in [6.45, 7) is 3.72. The van der Waals surface area contributed by atoms with Gasteiger partial charge in [-0.25, -0.2) is 9.48 Å². The largest absolute Gasteiger partial charge is 0.452 e. The van der Waals surface area contributed by atoms with Gasteiger partial charge in [-0.1, -0.05) is 38.1 Å². The number of carbonyl (C=O) groups is 2. The summed E-state index contributed by atoms with van der Waals surface area (Å²) >= 11 is 1.58. The van der Waals surface area contributed by atoms with Gasteiger partial charge in [-0.15, -0.1) is 11.3 Å². The van der Waals surface area contributed by atoms with E-state index in [0.29, 0.717) is 0 Å². The van der Waals surface area contributed by atoms with Crippen LogP contribution in [0.5, 0.6) is 0 Å². The fourth-order valence-corrected chi connectivity index (χ4v) is 3.66. The number of esters is 1. The number of hydrogen-bond donors (Lipinski definition) is 1. The third-order valence-corrected chi connectivity index (χ3v) is 5.49. The lowest BCUT2D eigenvalue weighted by Crippen LogP contribution is -2.36. The van der Waals surface area contributed by atoms with Gasteiger partial charge in [-0.05, 0) is 42.5 Å². The molecule has 0 aliphatic carbocycles. The van der Waals surface area contributed by atoms with Gasteiger partial charge in [-0.3, -0.25) is 4.79 Å². The highest BCUT2D eigenvalue weighted by molar-refractivity contribution is 7.13. The van der Waals surface area contributed by atoms with Crippen LogP contribution >= 0.6 is 11.3 Å². The zero-order valence-corrected chi connectivity index (χ0v) is 17.9.